The lowest BCUT2D eigenvalue weighted by atomic mass is 9.44. The van der Waals surface area contributed by atoms with E-state index >= 15 is 4.39 Å². The fourth-order valence-corrected chi connectivity index (χ4v) is 8.55. The molecule has 1 aliphatic heterocycles. The number of allylic oxidation sites excluding steroid dienone is 4. The van der Waals surface area contributed by atoms with E-state index in [4.69, 9.17) is 19.9 Å². The maximum atomic E-state index is 17.4. The highest BCUT2D eigenvalue weighted by Gasteiger charge is 2.80. The Morgan fingerprint density at radius 2 is 1.95 bits per heavy atom. The van der Waals surface area contributed by atoms with Crippen molar-refractivity contribution in [3.63, 3.8) is 0 Å². The predicted molar refractivity (Wildman–Crippen MR) is 135 cm³/mol. The molecule has 8 nitrogen and oxygen atoms in total. The van der Waals surface area contributed by atoms with Gasteiger partial charge < -0.3 is 25.1 Å². The molecular weight excluding hydrogens is 493 g/mol. The maximum absolute atomic E-state index is 17.4. The fourth-order valence-electron chi connectivity index (χ4n) is 8.55. The van der Waals surface area contributed by atoms with Gasteiger partial charge in [-0.1, -0.05) is 18.6 Å². The SMILES string of the molecule is CC1(C)O[C@@H]2C[C@H]3[C@@H]4CCC5=CC(=O)C=C[C@]5(C)[C@@]4(F)[C@@H](O)C[C@]3(C)[C@]2(C(=O)COC(=O)CCCCN)O1. The zero-order chi connectivity index (χ0) is 27.7. The van der Waals surface area contributed by atoms with Gasteiger partial charge in [-0.3, -0.25) is 14.4 Å². The van der Waals surface area contributed by atoms with Crippen LogP contribution in [0.15, 0.2) is 23.8 Å². The summed E-state index contributed by atoms with van der Waals surface area (Å²) < 4.78 is 35.5. The number of nitrogens with two attached hydrogens (primary N) is 1. The number of rotatable bonds is 7. The molecule has 0 spiro atoms. The summed E-state index contributed by atoms with van der Waals surface area (Å²) >= 11 is 0. The monoisotopic (exact) mass is 533 g/mol. The molecule has 1 saturated heterocycles. The van der Waals surface area contributed by atoms with Crippen molar-refractivity contribution in [2.45, 2.75) is 102 Å². The minimum atomic E-state index is -2.02. The highest BCUT2D eigenvalue weighted by Crippen LogP contribution is 2.72. The Balaban J connectivity index is 1.48. The van der Waals surface area contributed by atoms with Gasteiger partial charge in [-0.05, 0) is 83.9 Å². The number of carbonyl (C=O) groups is 3. The zero-order valence-electron chi connectivity index (χ0n) is 22.8. The molecule has 0 aromatic heterocycles. The predicted octanol–water partition coefficient (Wildman–Crippen LogP) is 3.10. The maximum Gasteiger partial charge on any atom is 0.306 e. The summed E-state index contributed by atoms with van der Waals surface area (Å²) in [4.78, 5) is 38.3. The van der Waals surface area contributed by atoms with Crippen LogP contribution in [0.1, 0.15) is 72.6 Å². The first-order valence-electron chi connectivity index (χ1n) is 13.8. The van der Waals surface area contributed by atoms with Gasteiger partial charge in [-0.25, -0.2) is 4.39 Å². The van der Waals surface area contributed by atoms with E-state index in [1.54, 1.807) is 26.8 Å². The Labute approximate surface area is 223 Å². The van der Waals surface area contributed by atoms with Crippen LogP contribution in [0.2, 0.25) is 0 Å². The molecule has 9 heteroatoms. The van der Waals surface area contributed by atoms with Crippen molar-refractivity contribution in [2.24, 2.45) is 28.4 Å². The third-order valence-corrected chi connectivity index (χ3v) is 10.2. The van der Waals surface area contributed by atoms with Crippen LogP contribution in [0, 0.1) is 22.7 Å². The van der Waals surface area contributed by atoms with Crippen molar-refractivity contribution in [3.05, 3.63) is 23.8 Å². The number of halogens is 1. The smallest absolute Gasteiger partial charge is 0.306 e. The Hall–Kier alpha value is -1.94. The molecule has 0 bridgehead atoms. The van der Waals surface area contributed by atoms with Gasteiger partial charge in [-0.2, -0.15) is 0 Å². The third-order valence-electron chi connectivity index (χ3n) is 10.2. The summed E-state index contributed by atoms with van der Waals surface area (Å²) in [6, 6.07) is 0. The topological polar surface area (TPSA) is 125 Å². The van der Waals surface area contributed by atoms with Gasteiger partial charge in [0.25, 0.3) is 0 Å². The highest BCUT2D eigenvalue weighted by molar-refractivity contribution is 6.01. The number of aliphatic hydroxyl groups excluding tert-OH is 1. The van der Waals surface area contributed by atoms with E-state index in [0.717, 1.165) is 0 Å². The molecule has 8 atom stereocenters. The van der Waals surface area contributed by atoms with Gasteiger partial charge in [0, 0.05) is 23.2 Å². The van der Waals surface area contributed by atoms with Gasteiger partial charge in [0.1, 0.15) is 0 Å². The number of carbonyl (C=O) groups excluding carboxylic acids is 3. The molecule has 3 saturated carbocycles. The van der Waals surface area contributed by atoms with Crippen LogP contribution in [0.3, 0.4) is 0 Å². The van der Waals surface area contributed by atoms with Crippen molar-refractivity contribution >= 4 is 17.5 Å². The lowest BCUT2D eigenvalue weighted by Crippen LogP contribution is -2.70. The molecule has 3 N–H and O–H groups in total. The second kappa shape index (κ2) is 9.04. The summed E-state index contributed by atoms with van der Waals surface area (Å²) in [5.74, 6) is -3.06. The minimum Gasteiger partial charge on any atom is -0.458 e. The number of unbranched alkanes of at least 4 members (excludes halogenated alkanes) is 1. The number of hydrogen-bond acceptors (Lipinski definition) is 8. The molecule has 1 heterocycles. The molecule has 0 radical (unpaired) electrons. The molecule has 0 aromatic carbocycles. The number of aliphatic hydroxyl groups is 1. The van der Waals surface area contributed by atoms with Gasteiger partial charge in [-0.15, -0.1) is 0 Å². The average molecular weight is 534 g/mol. The molecule has 38 heavy (non-hydrogen) atoms. The highest BCUT2D eigenvalue weighted by atomic mass is 19.1. The Morgan fingerprint density at radius 1 is 1.21 bits per heavy atom. The van der Waals surface area contributed by atoms with Crippen LogP contribution in [0.25, 0.3) is 0 Å². The number of Topliss-reactive ketones (excluding diaryl/α,β-unsaturated/α-hetero) is 1. The molecule has 0 aromatic rings. The van der Waals surface area contributed by atoms with E-state index in [2.05, 4.69) is 0 Å². The van der Waals surface area contributed by atoms with Crippen molar-refractivity contribution in [1.82, 2.24) is 0 Å². The first-order valence-corrected chi connectivity index (χ1v) is 13.8. The van der Waals surface area contributed by atoms with Gasteiger partial charge in [0.05, 0.1) is 12.2 Å². The number of alkyl halides is 1. The Morgan fingerprint density at radius 3 is 2.66 bits per heavy atom. The number of hydrogen-bond donors (Lipinski definition) is 2. The first-order chi connectivity index (χ1) is 17.7. The molecule has 4 fully saturated rings. The van der Waals surface area contributed by atoms with Crippen LogP contribution < -0.4 is 5.73 Å². The lowest BCUT2D eigenvalue weighted by Gasteiger charge is -2.62. The van der Waals surface area contributed by atoms with E-state index in [1.165, 1.54) is 12.2 Å². The molecule has 0 amide bonds. The molecule has 0 unspecified atom stereocenters. The second-order valence-electron chi connectivity index (χ2n) is 12.7. The van der Waals surface area contributed by atoms with Crippen LogP contribution in [-0.2, 0) is 28.6 Å². The van der Waals surface area contributed by atoms with Crippen LogP contribution in [0.4, 0.5) is 4.39 Å². The molecule has 4 aliphatic carbocycles. The van der Waals surface area contributed by atoms with E-state index in [1.807, 2.05) is 6.92 Å². The second-order valence-corrected chi connectivity index (χ2v) is 12.7. The quantitative estimate of drug-likeness (QED) is 0.378. The minimum absolute atomic E-state index is 0.0263. The number of ether oxygens (including phenoxy) is 3. The van der Waals surface area contributed by atoms with Crippen molar-refractivity contribution < 1.29 is 38.1 Å². The number of esters is 1. The van der Waals surface area contributed by atoms with Crippen LogP contribution >= 0.6 is 0 Å². The molecular formula is C29H40FNO7. The first kappa shape index (κ1) is 27.6. The van der Waals surface area contributed by atoms with Crippen molar-refractivity contribution in [1.29, 1.82) is 0 Å². The summed E-state index contributed by atoms with van der Waals surface area (Å²) in [5.41, 5.74) is 0.596. The summed E-state index contributed by atoms with van der Waals surface area (Å²) in [7, 11) is 0. The summed E-state index contributed by atoms with van der Waals surface area (Å²) in [6.45, 7) is 7.12. The third kappa shape index (κ3) is 3.64. The zero-order valence-corrected chi connectivity index (χ0v) is 22.8. The Bertz CT molecular complexity index is 1100. The van der Waals surface area contributed by atoms with E-state index < -0.39 is 64.4 Å². The van der Waals surface area contributed by atoms with E-state index in [9.17, 15) is 19.5 Å². The standard InChI is InChI=1S/C29H40FNO7/c1-25(2)37-23-14-20-19-9-8-17-13-18(32)10-11-26(17,3)28(19,30)21(33)15-27(20,4)29(23,38-25)22(34)16-36-24(35)7-5-6-12-31/h10-11,13,19-21,23,33H,5-9,12,14-16,31H2,1-4H3/t19-,20-,21-,23+,26-,27-,28-,29+/m0/s1. The van der Waals surface area contributed by atoms with Crippen molar-refractivity contribution in [2.75, 3.05) is 13.2 Å². The Kier molecular flexibility index (Phi) is 6.57. The van der Waals surface area contributed by atoms with Crippen LogP contribution in [0.5, 0.6) is 0 Å². The van der Waals surface area contributed by atoms with Crippen molar-refractivity contribution in [3.8, 4) is 0 Å². The summed E-state index contributed by atoms with van der Waals surface area (Å²) in [5, 5.41) is 11.6. The molecule has 210 valence electrons. The normalized spacial score (nSPS) is 44.5. The van der Waals surface area contributed by atoms with Gasteiger partial charge in [0.15, 0.2) is 29.4 Å². The van der Waals surface area contributed by atoms with Gasteiger partial charge >= 0.3 is 5.97 Å². The molecule has 5 rings (SSSR count). The average Bonchev–Trinajstić information content (AvgIpc) is 3.25. The number of ketones is 2. The van der Waals surface area contributed by atoms with Crippen LogP contribution in [-0.4, -0.2) is 65.1 Å². The van der Waals surface area contributed by atoms with Gasteiger partial charge in [0.2, 0.25) is 5.78 Å². The van der Waals surface area contributed by atoms with E-state index in [0.29, 0.717) is 44.2 Å². The lowest BCUT2D eigenvalue weighted by molar-refractivity contribution is -0.246. The fraction of sp³-hybridized carbons (Fsp3) is 0.759. The van der Waals surface area contributed by atoms with E-state index in [-0.39, 0.29) is 24.5 Å². The largest absolute Gasteiger partial charge is 0.458 e. The summed E-state index contributed by atoms with van der Waals surface area (Å²) in [6.07, 6.45) is 5.18. The number of fused-ring (bicyclic) bond motifs is 7. The molecule has 5 aliphatic rings.